The number of rotatable bonds is 5. The van der Waals surface area contributed by atoms with E-state index in [1.165, 1.54) is 42.1 Å². The number of hydrogen-bond donors (Lipinski definition) is 2. The maximum Gasteiger partial charge on any atom is 0.414 e. The van der Waals surface area contributed by atoms with Crippen LogP contribution >= 0.6 is 0 Å². The molecule has 1 fully saturated rings. The maximum absolute atomic E-state index is 14.7. The lowest BCUT2D eigenvalue weighted by Gasteiger charge is -2.29. The van der Waals surface area contributed by atoms with Crippen molar-refractivity contribution in [2.75, 3.05) is 36.0 Å². The smallest absolute Gasteiger partial charge is 0.414 e. The fourth-order valence-electron chi connectivity index (χ4n) is 3.00. The molecule has 10 nitrogen and oxygen atoms in total. The van der Waals surface area contributed by atoms with E-state index in [-0.39, 0.29) is 31.2 Å². The predicted molar refractivity (Wildman–Crippen MR) is 102 cm³/mol. The lowest BCUT2D eigenvalue weighted by Crippen LogP contribution is -2.44. The second-order valence-corrected chi connectivity index (χ2v) is 6.75. The second-order valence-electron chi connectivity index (χ2n) is 6.75. The summed E-state index contributed by atoms with van der Waals surface area (Å²) in [7, 11) is 0. The number of benzene rings is 1. The number of amides is 3. The number of nitrogens with one attached hydrogen (secondary N) is 1. The van der Waals surface area contributed by atoms with Gasteiger partial charge < -0.3 is 20.1 Å². The molecule has 0 aromatic heterocycles. The Hall–Kier alpha value is -3.21. The molecule has 2 aliphatic rings. The van der Waals surface area contributed by atoms with Crippen LogP contribution in [0.4, 0.5) is 20.6 Å². The monoisotopic (exact) mass is 407 g/mol. The summed E-state index contributed by atoms with van der Waals surface area (Å²) in [5.74, 6) is -1.33. The molecular formula is C18H22FN5O5. The van der Waals surface area contributed by atoms with Crippen LogP contribution in [0.3, 0.4) is 0 Å². The van der Waals surface area contributed by atoms with Crippen molar-refractivity contribution in [2.45, 2.75) is 26.1 Å². The minimum Gasteiger partial charge on any atom is -0.442 e. The summed E-state index contributed by atoms with van der Waals surface area (Å²) in [6.45, 7) is 3.59. The van der Waals surface area contributed by atoms with Gasteiger partial charge in [-0.05, 0) is 25.1 Å². The highest BCUT2D eigenvalue weighted by Gasteiger charge is 2.33. The first-order chi connectivity index (χ1) is 13.8. The molecule has 0 spiro atoms. The number of anilines is 2. The summed E-state index contributed by atoms with van der Waals surface area (Å²) in [5, 5.41) is 17.0. The molecule has 1 aromatic rings. The number of hydrazone groups is 1. The Morgan fingerprint density at radius 2 is 2.17 bits per heavy atom. The summed E-state index contributed by atoms with van der Waals surface area (Å²) >= 11 is 0. The minimum atomic E-state index is -1.16. The fraction of sp³-hybridized carbons (Fsp3) is 0.444. The van der Waals surface area contributed by atoms with Crippen molar-refractivity contribution in [3.8, 4) is 0 Å². The van der Waals surface area contributed by atoms with E-state index in [0.29, 0.717) is 12.2 Å². The highest BCUT2D eigenvalue weighted by Crippen LogP contribution is 2.28. The molecule has 1 unspecified atom stereocenters. The molecule has 156 valence electrons. The molecule has 0 radical (unpaired) electrons. The Morgan fingerprint density at radius 3 is 2.76 bits per heavy atom. The number of nitrogens with zero attached hydrogens (tertiary/aromatic N) is 4. The number of carbonyl (C=O) groups excluding carboxylic acids is 3. The molecule has 3 rings (SSSR count). The van der Waals surface area contributed by atoms with Gasteiger partial charge in [0.15, 0.2) is 0 Å². The summed E-state index contributed by atoms with van der Waals surface area (Å²) < 4.78 is 19.9. The van der Waals surface area contributed by atoms with Gasteiger partial charge in [-0.2, -0.15) is 5.10 Å². The van der Waals surface area contributed by atoms with Crippen LogP contribution in [-0.2, 0) is 14.3 Å². The molecule has 0 saturated carbocycles. The van der Waals surface area contributed by atoms with Crippen molar-refractivity contribution >= 4 is 35.6 Å². The van der Waals surface area contributed by atoms with Gasteiger partial charge in [0, 0.05) is 13.5 Å². The van der Waals surface area contributed by atoms with Crippen molar-refractivity contribution in [3.63, 3.8) is 0 Å². The van der Waals surface area contributed by atoms with Gasteiger partial charge in [-0.1, -0.05) is 0 Å². The normalized spacial score (nSPS) is 19.9. The van der Waals surface area contributed by atoms with E-state index >= 15 is 0 Å². The molecule has 3 amide bonds. The van der Waals surface area contributed by atoms with Crippen molar-refractivity contribution in [2.24, 2.45) is 5.10 Å². The standard InChI is InChI=1S/C18H22FN5O5/c1-11(25)17(27)24-6-5-22(10-21-24)16-4-3-13(7-15(16)19)23-9-14(29-18(23)28)8-20-12(2)26/h3-4,7,10-11,14,25H,5-6,8-9H2,1-2H3,(H,20,26)/t11?,14-/m0/s1. The van der Waals surface area contributed by atoms with Gasteiger partial charge in [0.1, 0.15) is 24.4 Å². The zero-order valence-electron chi connectivity index (χ0n) is 16.0. The average Bonchev–Trinajstić information content (AvgIpc) is 3.06. The molecule has 1 saturated heterocycles. The minimum absolute atomic E-state index is 0.185. The van der Waals surface area contributed by atoms with Crippen molar-refractivity contribution in [3.05, 3.63) is 24.0 Å². The van der Waals surface area contributed by atoms with E-state index in [0.717, 1.165) is 5.01 Å². The zero-order valence-corrected chi connectivity index (χ0v) is 16.0. The third-order valence-corrected chi connectivity index (χ3v) is 4.50. The first-order valence-corrected chi connectivity index (χ1v) is 9.08. The number of aliphatic hydroxyl groups is 1. The van der Waals surface area contributed by atoms with Crippen LogP contribution in [0.25, 0.3) is 0 Å². The molecule has 0 aliphatic carbocycles. The van der Waals surface area contributed by atoms with Gasteiger partial charge in [0.25, 0.3) is 5.91 Å². The molecule has 1 aromatic carbocycles. The quantitative estimate of drug-likeness (QED) is 0.724. The highest BCUT2D eigenvalue weighted by atomic mass is 19.1. The Bertz CT molecular complexity index is 846. The Balaban J connectivity index is 1.68. The SMILES string of the molecule is CC(=O)NC[C@H]1CN(c2ccc(N3C=NN(C(=O)C(C)O)CC3)c(F)c2)C(=O)O1. The second kappa shape index (κ2) is 8.43. The van der Waals surface area contributed by atoms with Crippen molar-refractivity contribution in [1.29, 1.82) is 0 Å². The third kappa shape index (κ3) is 4.62. The molecular weight excluding hydrogens is 385 g/mol. The van der Waals surface area contributed by atoms with Gasteiger partial charge in [-0.3, -0.25) is 14.5 Å². The highest BCUT2D eigenvalue weighted by molar-refractivity contribution is 5.91. The van der Waals surface area contributed by atoms with Crippen LogP contribution < -0.4 is 15.1 Å². The van der Waals surface area contributed by atoms with E-state index in [2.05, 4.69) is 10.4 Å². The van der Waals surface area contributed by atoms with Crippen LogP contribution in [0.1, 0.15) is 13.8 Å². The molecule has 2 atom stereocenters. The van der Waals surface area contributed by atoms with Crippen LogP contribution in [-0.4, -0.2) is 72.7 Å². The summed E-state index contributed by atoms with van der Waals surface area (Å²) in [6.07, 6.45) is -0.973. The van der Waals surface area contributed by atoms with Gasteiger partial charge in [0.05, 0.1) is 31.0 Å². The van der Waals surface area contributed by atoms with Gasteiger partial charge in [-0.25, -0.2) is 14.2 Å². The molecule has 2 aliphatic heterocycles. The molecule has 0 bridgehead atoms. The average molecular weight is 407 g/mol. The first kappa shape index (κ1) is 20.5. The number of carbonyl (C=O) groups is 3. The lowest BCUT2D eigenvalue weighted by atomic mass is 10.2. The fourth-order valence-corrected chi connectivity index (χ4v) is 3.00. The summed E-state index contributed by atoms with van der Waals surface area (Å²) in [6, 6.07) is 4.32. The van der Waals surface area contributed by atoms with E-state index in [1.54, 1.807) is 6.07 Å². The molecule has 11 heteroatoms. The number of hydrogen-bond acceptors (Lipinski definition) is 7. The predicted octanol–water partition coefficient (Wildman–Crippen LogP) is 0.260. The van der Waals surface area contributed by atoms with E-state index in [1.807, 2.05) is 0 Å². The van der Waals surface area contributed by atoms with Crippen molar-refractivity contribution < 1.29 is 28.6 Å². The van der Waals surface area contributed by atoms with E-state index in [4.69, 9.17) is 4.74 Å². The number of halogens is 1. The number of aliphatic hydroxyl groups excluding tert-OH is 1. The maximum atomic E-state index is 14.7. The van der Waals surface area contributed by atoms with Crippen LogP contribution in [0, 0.1) is 5.82 Å². The van der Waals surface area contributed by atoms with Gasteiger partial charge in [-0.15, -0.1) is 0 Å². The lowest BCUT2D eigenvalue weighted by molar-refractivity contribution is -0.139. The molecule has 2 N–H and O–H groups in total. The Morgan fingerprint density at radius 1 is 1.41 bits per heavy atom. The van der Waals surface area contributed by atoms with Crippen molar-refractivity contribution in [1.82, 2.24) is 10.3 Å². The largest absolute Gasteiger partial charge is 0.442 e. The van der Waals surface area contributed by atoms with E-state index in [9.17, 15) is 23.9 Å². The third-order valence-electron chi connectivity index (χ3n) is 4.50. The van der Waals surface area contributed by atoms with Crippen LogP contribution in [0.5, 0.6) is 0 Å². The topological polar surface area (TPSA) is 115 Å². The van der Waals surface area contributed by atoms with Crippen LogP contribution in [0.2, 0.25) is 0 Å². The van der Waals surface area contributed by atoms with Crippen LogP contribution in [0.15, 0.2) is 23.3 Å². The molecule has 2 heterocycles. The van der Waals surface area contributed by atoms with E-state index < -0.39 is 30.0 Å². The summed E-state index contributed by atoms with van der Waals surface area (Å²) in [5.41, 5.74) is 0.574. The number of cyclic esters (lactones) is 1. The summed E-state index contributed by atoms with van der Waals surface area (Å²) in [4.78, 5) is 37.6. The molecule has 29 heavy (non-hydrogen) atoms. The Kier molecular flexibility index (Phi) is 5.97. The number of ether oxygens (including phenoxy) is 1. The first-order valence-electron chi connectivity index (χ1n) is 9.08. The Labute approximate surface area is 166 Å². The van der Waals surface area contributed by atoms with Gasteiger partial charge in [0.2, 0.25) is 5.91 Å². The van der Waals surface area contributed by atoms with Gasteiger partial charge >= 0.3 is 6.09 Å². The zero-order chi connectivity index (χ0) is 21.1.